The summed E-state index contributed by atoms with van der Waals surface area (Å²) in [6.07, 6.45) is 7.25. The zero-order chi connectivity index (χ0) is 15.4. The van der Waals surface area contributed by atoms with Gasteiger partial charge < -0.3 is 9.64 Å². The molecule has 1 saturated heterocycles. The predicted octanol–water partition coefficient (Wildman–Crippen LogP) is 2.19. The van der Waals surface area contributed by atoms with Crippen LogP contribution in [0, 0.1) is 18.3 Å². The van der Waals surface area contributed by atoms with Crippen molar-refractivity contribution in [3.63, 3.8) is 0 Å². The number of rotatable bonds is 4. The van der Waals surface area contributed by atoms with Crippen LogP contribution in [0.1, 0.15) is 23.2 Å². The number of fused-ring (bicyclic) bond motifs is 1. The molecule has 22 heavy (non-hydrogen) atoms. The van der Waals surface area contributed by atoms with Gasteiger partial charge in [0.15, 0.2) is 0 Å². The lowest BCUT2D eigenvalue weighted by molar-refractivity contribution is 0.0534. The highest BCUT2D eigenvalue weighted by Gasteiger charge is 2.24. The van der Waals surface area contributed by atoms with Crippen LogP contribution in [0.25, 0.3) is 11.0 Å². The Labute approximate surface area is 133 Å². The third kappa shape index (κ3) is 3.26. The van der Waals surface area contributed by atoms with Crippen LogP contribution in [-0.2, 0) is 4.74 Å². The molecule has 2 aromatic rings. The molecule has 0 saturated carbocycles. The van der Waals surface area contributed by atoms with Crippen molar-refractivity contribution in [1.29, 1.82) is 0 Å². The largest absolute Gasteiger partial charge is 0.368 e. The standard InChI is InChI=1S/C16H17N3O2S/c1-2-8-21-11-12-4-3-7-19(10-12)16(20)13-5-6-14-15(9-13)18-22-17-14/h1,5-6,9,12H,3-4,7-8,10-11H2. The quantitative estimate of drug-likeness (QED) is 0.641. The van der Waals surface area contributed by atoms with Crippen LogP contribution in [0.2, 0.25) is 0 Å². The number of aromatic nitrogens is 2. The van der Waals surface area contributed by atoms with E-state index in [1.807, 2.05) is 23.1 Å². The van der Waals surface area contributed by atoms with Gasteiger partial charge in [-0.1, -0.05) is 5.92 Å². The Hall–Kier alpha value is -1.97. The fourth-order valence-corrected chi connectivity index (χ4v) is 3.29. The predicted molar refractivity (Wildman–Crippen MR) is 85.7 cm³/mol. The Bertz CT molecular complexity index is 707. The first-order chi connectivity index (χ1) is 10.8. The molecule has 6 heteroatoms. The van der Waals surface area contributed by atoms with Crippen LogP contribution in [0.15, 0.2) is 18.2 Å². The molecule has 1 fully saturated rings. The summed E-state index contributed by atoms with van der Waals surface area (Å²) in [5.74, 6) is 2.88. The first-order valence-corrected chi connectivity index (χ1v) is 8.04. The van der Waals surface area contributed by atoms with Crippen LogP contribution in [0.3, 0.4) is 0 Å². The maximum Gasteiger partial charge on any atom is 0.253 e. The number of carbonyl (C=O) groups is 1. The van der Waals surface area contributed by atoms with E-state index in [2.05, 4.69) is 14.7 Å². The minimum absolute atomic E-state index is 0.0524. The molecule has 114 valence electrons. The second kappa shape index (κ2) is 6.86. The van der Waals surface area contributed by atoms with Gasteiger partial charge in [0.2, 0.25) is 0 Å². The molecular weight excluding hydrogens is 298 g/mol. The van der Waals surface area contributed by atoms with Gasteiger partial charge in [0, 0.05) is 24.6 Å². The fourth-order valence-electron chi connectivity index (χ4n) is 2.77. The van der Waals surface area contributed by atoms with Gasteiger partial charge in [-0.05, 0) is 31.0 Å². The molecule has 1 aromatic heterocycles. The van der Waals surface area contributed by atoms with E-state index >= 15 is 0 Å². The Morgan fingerprint density at radius 1 is 1.45 bits per heavy atom. The first kappa shape index (κ1) is 14.9. The first-order valence-electron chi connectivity index (χ1n) is 7.30. The van der Waals surface area contributed by atoms with Crippen LogP contribution in [0.5, 0.6) is 0 Å². The highest BCUT2D eigenvalue weighted by atomic mass is 32.1. The van der Waals surface area contributed by atoms with Crippen LogP contribution in [0.4, 0.5) is 0 Å². The van der Waals surface area contributed by atoms with Crippen molar-refractivity contribution in [1.82, 2.24) is 13.6 Å². The van der Waals surface area contributed by atoms with Crippen molar-refractivity contribution in [3.05, 3.63) is 23.8 Å². The second-order valence-electron chi connectivity index (χ2n) is 5.45. The number of benzene rings is 1. The third-order valence-corrected chi connectivity index (χ3v) is 4.40. The molecule has 0 aliphatic carbocycles. The number of nitrogens with zero attached hydrogens (tertiary/aromatic N) is 3. The minimum Gasteiger partial charge on any atom is -0.368 e. The van der Waals surface area contributed by atoms with E-state index in [1.54, 1.807) is 0 Å². The van der Waals surface area contributed by atoms with Crippen LogP contribution < -0.4 is 0 Å². The molecule has 1 aliphatic heterocycles. The summed E-state index contributed by atoms with van der Waals surface area (Å²) in [4.78, 5) is 14.5. The second-order valence-corrected chi connectivity index (χ2v) is 5.97. The average Bonchev–Trinajstić information content (AvgIpc) is 3.02. The maximum absolute atomic E-state index is 12.6. The van der Waals surface area contributed by atoms with Gasteiger partial charge in [-0.3, -0.25) is 4.79 Å². The lowest BCUT2D eigenvalue weighted by Gasteiger charge is -2.32. The molecule has 1 amide bonds. The monoisotopic (exact) mass is 315 g/mol. The van der Waals surface area contributed by atoms with Crippen molar-refractivity contribution in [3.8, 4) is 12.3 Å². The summed E-state index contributed by atoms with van der Waals surface area (Å²) in [6, 6.07) is 5.49. The molecule has 0 spiro atoms. The Balaban J connectivity index is 1.67. The van der Waals surface area contributed by atoms with Crippen LogP contribution in [-0.4, -0.2) is 45.9 Å². The molecule has 1 aromatic carbocycles. The van der Waals surface area contributed by atoms with E-state index in [0.717, 1.165) is 48.7 Å². The number of carbonyl (C=O) groups excluding carboxylic acids is 1. The SMILES string of the molecule is C#CCOCC1CCCN(C(=O)c2ccc3nsnc3c2)C1. The van der Waals surface area contributed by atoms with E-state index < -0.39 is 0 Å². The summed E-state index contributed by atoms with van der Waals surface area (Å²) in [5, 5.41) is 0. The van der Waals surface area contributed by atoms with Crippen molar-refractivity contribution in [2.75, 3.05) is 26.3 Å². The molecule has 1 aliphatic rings. The number of amides is 1. The van der Waals surface area contributed by atoms with E-state index in [-0.39, 0.29) is 5.91 Å². The van der Waals surface area contributed by atoms with Crippen molar-refractivity contribution in [2.45, 2.75) is 12.8 Å². The Morgan fingerprint density at radius 3 is 3.18 bits per heavy atom. The Morgan fingerprint density at radius 2 is 2.32 bits per heavy atom. The van der Waals surface area contributed by atoms with Gasteiger partial charge in [-0.15, -0.1) is 6.42 Å². The number of hydrogen-bond acceptors (Lipinski definition) is 5. The molecule has 1 unspecified atom stereocenters. The van der Waals surface area contributed by atoms with Crippen molar-refractivity contribution in [2.24, 2.45) is 5.92 Å². The molecular formula is C16H17N3O2S. The third-order valence-electron chi connectivity index (χ3n) is 3.85. The summed E-state index contributed by atoms with van der Waals surface area (Å²) in [6.45, 7) is 2.45. The molecule has 0 radical (unpaired) electrons. The summed E-state index contributed by atoms with van der Waals surface area (Å²) >= 11 is 1.16. The van der Waals surface area contributed by atoms with E-state index in [9.17, 15) is 4.79 Å². The molecule has 3 rings (SSSR count). The van der Waals surface area contributed by atoms with E-state index in [1.165, 1.54) is 0 Å². The van der Waals surface area contributed by atoms with Crippen molar-refractivity contribution >= 4 is 28.7 Å². The van der Waals surface area contributed by atoms with Gasteiger partial charge in [-0.2, -0.15) is 8.75 Å². The van der Waals surface area contributed by atoms with Gasteiger partial charge in [0.1, 0.15) is 17.6 Å². The highest BCUT2D eigenvalue weighted by molar-refractivity contribution is 7.00. The molecule has 0 N–H and O–H groups in total. The lowest BCUT2D eigenvalue weighted by atomic mass is 9.98. The smallest absolute Gasteiger partial charge is 0.253 e. The zero-order valence-electron chi connectivity index (χ0n) is 12.2. The molecule has 1 atom stereocenters. The number of likely N-dealkylation sites (tertiary alicyclic amines) is 1. The maximum atomic E-state index is 12.6. The Kier molecular flexibility index (Phi) is 4.66. The van der Waals surface area contributed by atoms with Crippen molar-refractivity contribution < 1.29 is 9.53 Å². The van der Waals surface area contributed by atoms with Crippen LogP contribution >= 0.6 is 11.7 Å². The normalized spacial score (nSPS) is 18.3. The van der Waals surface area contributed by atoms with Gasteiger partial charge in [0.25, 0.3) is 5.91 Å². The topological polar surface area (TPSA) is 55.3 Å². The summed E-state index contributed by atoms with van der Waals surface area (Å²) in [7, 11) is 0. The molecule has 0 bridgehead atoms. The number of piperidine rings is 1. The average molecular weight is 315 g/mol. The number of terminal acetylenes is 1. The molecule has 5 nitrogen and oxygen atoms in total. The van der Waals surface area contributed by atoms with Gasteiger partial charge >= 0.3 is 0 Å². The number of hydrogen-bond donors (Lipinski definition) is 0. The molecule has 2 heterocycles. The summed E-state index contributed by atoms with van der Waals surface area (Å²) < 4.78 is 13.8. The fraction of sp³-hybridized carbons (Fsp3) is 0.438. The number of ether oxygens (including phenoxy) is 1. The zero-order valence-corrected chi connectivity index (χ0v) is 13.0. The lowest BCUT2D eigenvalue weighted by Crippen LogP contribution is -2.41. The minimum atomic E-state index is 0.0524. The van der Waals surface area contributed by atoms with E-state index in [0.29, 0.717) is 24.7 Å². The van der Waals surface area contributed by atoms with Gasteiger partial charge in [-0.25, -0.2) is 0 Å². The highest BCUT2D eigenvalue weighted by Crippen LogP contribution is 2.20. The summed E-state index contributed by atoms with van der Waals surface area (Å²) in [5.41, 5.74) is 2.29. The van der Waals surface area contributed by atoms with E-state index in [4.69, 9.17) is 11.2 Å². The van der Waals surface area contributed by atoms with Gasteiger partial charge in [0.05, 0.1) is 18.3 Å².